The Bertz CT molecular complexity index is 836. The molecule has 1 aromatic carbocycles. The second kappa shape index (κ2) is 7.31. The van der Waals surface area contributed by atoms with Crippen LogP contribution in [0.3, 0.4) is 0 Å². The molecule has 0 atom stereocenters. The van der Waals surface area contributed by atoms with Gasteiger partial charge >= 0.3 is 0 Å². The highest BCUT2D eigenvalue weighted by Gasteiger charge is 2.22. The van der Waals surface area contributed by atoms with Crippen LogP contribution in [0.5, 0.6) is 11.5 Å². The van der Waals surface area contributed by atoms with Gasteiger partial charge in [-0.15, -0.1) is 0 Å². The van der Waals surface area contributed by atoms with Gasteiger partial charge in [0.1, 0.15) is 23.0 Å². The number of benzene rings is 1. The van der Waals surface area contributed by atoms with Gasteiger partial charge in [0.2, 0.25) is 5.91 Å². The number of amides is 2. The van der Waals surface area contributed by atoms with Crippen LogP contribution >= 0.6 is 11.6 Å². The Balaban J connectivity index is 1.65. The van der Waals surface area contributed by atoms with Crippen molar-refractivity contribution >= 4 is 34.9 Å². The number of pyridine rings is 1. The summed E-state index contributed by atoms with van der Waals surface area (Å²) in [4.78, 5) is 27.7. The van der Waals surface area contributed by atoms with Crippen molar-refractivity contribution in [1.82, 2.24) is 9.99 Å². The maximum atomic E-state index is 12.2. The Hall–Kier alpha value is -2.93. The lowest BCUT2D eigenvalue weighted by Crippen LogP contribution is -2.34. The summed E-state index contributed by atoms with van der Waals surface area (Å²) >= 11 is 6.04. The number of anilines is 1. The fraction of sp³-hybridized carbons (Fsp3) is 0.176. The van der Waals surface area contributed by atoms with Crippen LogP contribution in [0.1, 0.15) is 12.8 Å². The normalized spacial score (nSPS) is 14.1. The van der Waals surface area contributed by atoms with E-state index in [1.54, 1.807) is 24.3 Å². The first kappa shape index (κ1) is 16.9. The minimum atomic E-state index is -0.383. The maximum absolute atomic E-state index is 12.2. The fourth-order valence-corrected chi connectivity index (χ4v) is 2.36. The molecule has 0 saturated heterocycles. The highest BCUT2D eigenvalue weighted by molar-refractivity contribution is 6.43. The van der Waals surface area contributed by atoms with E-state index in [4.69, 9.17) is 16.3 Å². The van der Waals surface area contributed by atoms with Gasteiger partial charge in [0.05, 0.1) is 11.2 Å². The number of hydrazone groups is 1. The predicted molar refractivity (Wildman–Crippen MR) is 93.8 cm³/mol. The molecule has 1 aliphatic heterocycles. The van der Waals surface area contributed by atoms with E-state index in [1.165, 1.54) is 18.3 Å². The fourth-order valence-electron chi connectivity index (χ4n) is 2.19. The van der Waals surface area contributed by atoms with Crippen LogP contribution in [0, 0.1) is 0 Å². The second-order valence-electron chi connectivity index (χ2n) is 5.33. The molecule has 1 aliphatic rings. The number of aromatic nitrogens is 1. The van der Waals surface area contributed by atoms with E-state index in [9.17, 15) is 9.59 Å². The van der Waals surface area contributed by atoms with Crippen LogP contribution in [0.25, 0.3) is 0 Å². The van der Waals surface area contributed by atoms with E-state index in [2.05, 4.69) is 15.4 Å². The van der Waals surface area contributed by atoms with Gasteiger partial charge < -0.3 is 10.1 Å². The Labute approximate surface area is 149 Å². The van der Waals surface area contributed by atoms with Crippen molar-refractivity contribution in [1.29, 1.82) is 0 Å². The molecule has 1 N–H and O–H groups in total. The number of ether oxygens (including phenoxy) is 1. The monoisotopic (exact) mass is 358 g/mol. The van der Waals surface area contributed by atoms with Crippen molar-refractivity contribution < 1.29 is 14.3 Å². The minimum Gasteiger partial charge on any atom is -0.454 e. The number of carbonyl (C=O) groups excluding carboxylic acids is 2. The molecule has 2 heterocycles. The quantitative estimate of drug-likeness (QED) is 0.910. The number of halogens is 1. The molecular formula is C17H15ClN4O3. The number of rotatable bonds is 4. The van der Waals surface area contributed by atoms with Crippen molar-refractivity contribution in [2.75, 3.05) is 12.4 Å². The molecule has 0 saturated carbocycles. The zero-order valence-corrected chi connectivity index (χ0v) is 14.2. The summed E-state index contributed by atoms with van der Waals surface area (Å²) in [7, 11) is 1.52. The topological polar surface area (TPSA) is 83.9 Å². The molecule has 128 valence electrons. The summed E-state index contributed by atoms with van der Waals surface area (Å²) in [6.07, 6.45) is 2.06. The Morgan fingerprint density at radius 2 is 2.04 bits per heavy atom. The van der Waals surface area contributed by atoms with Gasteiger partial charge in [-0.1, -0.05) is 23.7 Å². The summed E-state index contributed by atoms with van der Waals surface area (Å²) in [6.45, 7) is 0. The summed E-state index contributed by atoms with van der Waals surface area (Å²) in [5.74, 6) is 0.875. The Kier molecular flexibility index (Phi) is 4.95. The highest BCUT2D eigenvalue weighted by atomic mass is 35.5. The third-order valence-corrected chi connectivity index (χ3v) is 3.82. The number of carbonyl (C=O) groups is 2. The third kappa shape index (κ3) is 4.13. The van der Waals surface area contributed by atoms with E-state index >= 15 is 0 Å². The van der Waals surface area contributed by atoms with Crippen LogP contribution in [0.4, 0.5) is 5.82 Å². The zero-order valence-electron chi connectivity index (χ0n) is 13.4. The van der Waals surface area contributed by atoms with E-state index in [-0.39, 0.29) is 18.2 Å². The molecule has 7 nitrogen and oxygen atoms in total. The van der Waals surface area contributed by atoms with Crippen LogP contribution in [0.15, 0.2) is 47.7 Å². The minimum absolute atomic E-state index is 0.115. The first-order valence-electron chi connectivity index (χ1n) is 7.57. The van der Waals surface area contributed by atoms with E-state index in [1.807, 2.05) is 12.1 Å². The van der Waals surface area contributed by atoms with Crippen LogP contribution in [-0.4, -0.2) is 34.6 Å². The van der Waals surface area contributed by atoms with E-state index < -0.39 is 0 Å². The van der Waals surface area contributed by atoms with Crippen molar-refractivity contribution in [3.63, 3.8) is 0 Å². The highest BCUT2D eigenvalue weighted by Crippen LogP contribution is 2.28. The Morgan fingerprint density at radius 1 is 1.24 bits per heavy atom. The van der Waals surface area contributed by atoms with Gasteiger partial charge in [0.15, 0.2) is 0 Å². The van der Waals surface area contributed by atoms with Crippen molar-refractivity contribution in [3.8, 4) is 11.5 Å². The molecule has 0 fully saturated rings. The number of nitrogens with one attached hydrogen (secondary N) is 1. The average Bonchev–Trinajstić information content (AvgIpc) is 2.61. The summed E-state index contributed by atoms with van der Waals surface area (Å²) < 4.78 is 5.64. The molecule has 0 bridgehead atoms. The smallest absolute Gasteiger partial charge is 0.273 e. The molecule has 3 rings (SSSR count). The first-order valence-corrected chi connectivity index (χ1v) is 7.94. The number of hydrogen-bond acceptors (Lipinski definition) is 5. The summed E-state index contributed by atoms with van der Waals surface area (Å²) in [5, 5.41) is 8.28. The summed E-state index contributed by atoms with van der Waals surface area (Å²) in [6, 6.07) is 10.4. The van der Waals surface area contributed by atoms with E-state index in [0.29, 0.717) is 34.5 Å². The molecule has 2 aromatic rings. The first-order chi connectivity index (χ1) is 12.0. The van der Waals surface area contributed by atoms with Crippen molar-refractivity contribution in [3.05, 3.63) is 47.6 Å². The van der Waals surface area contributed by atoms with Gasteiger partial charge in [-0.2, -0.15) is 5.10 Å². The largest absolute Gasteiger partial charge is 0.454 e. The van der Waals surface area contributed by atoms with Crippen molar-refractivity contribution in [2.45, 2.75) is 12.8 Å². The Morgan fingerprint density at radius 3 is 2.72 bits per heavy atom. The molecule has 0 spiro atoms. The third-order valence-electron chi connectivity index (χ3n) is 3.51. The van der Waals surface area contributed by atoms with Crippen LogP contribution in [-0.2, 0) is 9.59 Å². The van der Waals surface area contributed by atoms with Crippen LogP contribution in [0.2, 0.25) is 5.02 Å². The molecule has 8 heteroatoms. The standard InChI is InChI=1S/C17H15ClN4O3/c1-22-16(23)9-7-13(21-22)17(24)20-15-8-6-11(10-19-15)25-14-5-3-2-4-12(14)18/h2-6,8,10H,7,9H2,1H3,(H,19,20,24). The number of nitrogens with zero attached hydrogens (tertiary/aromatic N) is 3. The van der Waals surface area contributed by atoms with Gasteiger partial charge in [-0.05, 0) is 24.3 Å². The predicted octanol–water partition coefficient (Wildman–Crippen LogP) is 3.07. The molecule has 2 amide bonds. The van der Waals surface area contributed by atoms with Gasteiger partial charge in [-0.3, -0.25) is 9.59 Å². The van der Waals surface area contributed by atoms with Crippen molar-refractivity contribution in [2.24, 2.45) is 5.10 Å². The number of hydrogen-bond donors (Lipinski definition) is 1. The second-order valence-corrected chi connectivity index (χ2v) is 5.74. The molecular weight excluding hydrogens is 344 g/mol. The SMILES string of the molecule is CN1N=C(C(=O)Nc2ccc(Oc3ccccc3Cl)cn2)CCC1=O. The number of para-hydroxylation sites is 1. The maximum Gasteiger partial charge on any atom is 0.273 e. The lowest BCUT2D eigenvalue weighted by atomic mass is 10.1. The lowest BCUT2D eigenvalue weighted by Gasteiger charge is -2.18. The van der Waals surface area contributed by atoms with Gasteiger partial charge in [0, 0.05) is 19.9 Å². The average molecular weight is 359 g/mol. The van der Waals surface area contributed by atoms with Gasteiger partial charge in [0.25, 0.3) is 5.91 Å². The molecule has 1 aromatic heterocycles. The summed E-state index contributed by atoms with van der Waals surface area (Å²) in [5.41, 5.74) is 0.292. The molecule has 0 radical (unpaired) electrons. The lowest BCUT2D eigenvalue weighted by molar-refractivity contribution is -0.130. The van der Waals surface area contributed by atoms with Gasteiger partial charge in [-0.25, -0.2) is 9.99 Å². The molecule has 25 heavy (non-hydrogen) atoms. The van der Waals surface area contributed by atoms with E-state index in [0.717, 1.165) is 0 Å². The van der Waals surface area contributed by atoms with Crippen LogP contribution < -0.4 is 10.1 Å². The molecule has 0 aliphatic carbocycles. The zero-order chi connectivity index (χ0) is 17.8. The molecule has 0 unspecified atom stereocenters.